The lowest BCUT2D eigenvalue weighted by molar-refractivity contribution is 0.0696. The van der Waals surface area contributed by atoms with Crippen molar-refractivity contribution in [3.8, 4) is 5.75 Å². The van der Waals surface area contributed by atoms with Gasteiger partial charge >= 0.3 is 5.97 Å². The monoisotopic (exact) mass is 321 g/mol. The Morgan fingerprint density at radius 3 is 2.09 bits per heavy atom. The maximum Gasteiger partial charge on any atom is 0.335 e. The molecule has 0 fully saturated rings. The zero-order chi connectivity index (χ0) is 17.0. The van der Waals surface area contributed by atoms with E-state index in [2.05, 4.69) is 5.32 Å². The quantitative estimate of drug-likeness (QED) is 0.886. The molecule has 7 heteroatoms. The summed E-state index contributed by atoms with van der Waals surface area (Å²) in [5.41, 5.74) is 0.111. The number of carbonyl (C=O) groups is 2. The third-order valence-electron chi connectivity index (χ3n) is 2.94. The van der Waals surface area contributed by atoms with E-state index in [1.165, 1.54) is 24.3 Å². The second-order valence-electron chi connectivity index (χ2n) is 4.54. The highest BCUT2D eigenvalue weighted by atomic mass is 19.1. The second kappa shape index (κ2) is 6.87. The average Bonchev–Trinajstić information content (AvgIpc) is 2.51. The molecule has 23 heavy (non-hydrogen) atoms. The largest absolute Gasteiger partial charge is 0.488 e. The molecule has 2 aromatic carbocycles. The van der Waals surface area contributed by atoms with Gasteiger partial charge in [-0.1, -0.05) is 0 Å². The number of amides is 1. The van der Waals surface area contributed by atoms with Gasteiger partial charge in [-0.15, -0.1) is 0 Å². The summed E-state index contributed by atoms with van der Waals surface area (Å²) in [5, 5.41) is 11.1. The Hall–Kier alpha value is -2.96. The van der Waals surface area contributed by atoms with Crippen molar-refractivity contribution >= 4 is 17.6 Å². The van der Waals surface area contributed by atoms with Gasteiger partial charge in [0.2, 0.25) is 0 Å². The lowest BCUT2D eigenvalue weighted by Crippen LogP contribution is -2.13. The van der Waals surface area contributed by atoms with E-state index >= 15 is 0 Å². The molecule has 0 saturated heterocycles. The van der Waals surface area contributed by atoms with Crippen LogP contribution >= 0.6 is 0 Å². The topological polar surface area (TPSA) is 75.6 Å². The highest BCUT2D eigenvalue weighted by Gasteiger charge is 2.14. The number of halogens is 2. The molecule has 0 unspecified atom stereocenters. The maximum absolute atomic E-state index is 13.7. The Morgan fingerprint density at radius 2 is 1.61 bits per heavy atom. The van der Waals surface area contributed by atoms with Crippen LogP contribution < -0.4 is 10.1 Å². The molecule has 0 spiro atoms. The molecule has 0 atom stereocenters. The minimum absolute atomic E-state index is 0.0275. The third kappa shape index (κ3) is 3.82. The number of hydrogen-bond donors (Lipinski definition) is 2. The normalized spacial score (nSPS) is 10.2. The fourth-order valence-corrected chi connectivity index (χ4v) is 1.88. The molecule has 0 heterocycles. The van der Waals surface area contributed by atoms with Crippen molar-refractivity contribution < 1.29 is 28.2 Å². The highest BCUT2D eigenvalue weighted by Crippen LogP contribution is 2.26. The first-order chi connectivity index (χ1) is 10.9. The minimum Gasteiger partial charge on any atom is -0.488 e. The zero-order valence-electron chi connectivity index (χ0n) is 12.1. The van der Waals surface area contributed by atoms with Gasteiger partial charge in [-0.2, -0.15) is 0 Å². The van der Waals surface area contributed by atoms with Crippen LogP contribution in [0.3, 0.4) is 0 Å². The zero-order valence-corrected chi connectivity index (χ0v) is 12.1. The van der Waals surface area contributed by atoms with Gasteiger partial charge in [-0.25, -0.2) is 13.6 Å². The number of carboxylic acid groups (broad SMARTS) is 1. The van der Waals surface area contributed by atoms with Crippen LogP contribution in [0.5, 0.6) is 5.75 Å². The summed E-state index contributed by atoms with van der Waals surface area (Å²) in [4.78, 5) is 22.7. The number of ether oxygens (including phenoxy) is 1. The van der Waals surface area contributed by atoms with Gasteiger partial charge in [-0.3, -0.25) is 4.79 Å². The average molecular weight is 321 g/mol. The van der Waals surface area contributed by atoms with Crippen molar-refractivity contribution in [3.05, 3.63) is 59.2 Å². The lowest BCUT2D eigenvalue weighted by atomic mass is 10.1. The lowest BCUT2D eigenvalue weighted by Gasteiger charge is -2.10. The minimum atomic E-state index is -1.12. The SMILES string of the molecule is CCOc1c(F)cc(NC(=O)c2ccc(C(=O)O)cc2)cc1F. The van der Waals surface area contributed by atoms with E-state index in [0.29, 0.717) is 0 Å². The number of nitrogens with one attached hydrogen (secondary N) is 1. The number of anilines is 1. The molecule has 0 aliphatic carbocycles. The van der Waals surface area contributed by atoms with Crippen LogP contribution in [0.2, 0.25) is 0 Å². The van der Waals surface area contributed by atoms with Crippen LogP contribution in [0, 0.1) is 11.6 Å². The van der Waals surface area contributed by atoms with E-state index in [9.17, 15) is 18.4 Å². The highest BCUT2D eigenvalue weighted by molar-refractivity contribution is 6.04. The van der Waals surface area contributed by atoms with E-state index in [1.807, 2.05) is 0 Å². The molecule has 0 bridgehead atoms. The summed E-state index contributed by atoms with van der Waals surface area (Å²) in [6, 6.07) is 7.02. The summed E-state index contributed by atoms with van der Waals surface area (Å²) < 4.78 is 32.3. The fraction of sp³-hybridized carbons (Fsp3) is 0.125. The van der Waals surface area contributed by atoms with Gasteiger partial charge in [-0.05, 0) is 31.2 Å². The van der Waals surface area contributed by atoms with E-state index in [4.69, 9.17) is 9.84 Å². The molecule has 0 radical (unpaired) electrons. The first-order valence-electron chi connectivity index (χ1n) is 6.69. The molecular weight excluding hydrogens is 308 g/mol. The molecular formula is C16H13F2NO4. The molecule has 0 aromatic heterocycles. The van der Waals surface area contributed by atoms with Crippen molar-refractivity contribution in [1.82, 2.24) is 0 Å². The molecule has 120 valence electrons. The van der Waals surface area contributed by atoms with E-state index in [1.54, 1.807) is 6.92 Å². The molecule has 0 saturated carbocycles. The summed E-state index contributed by atoms with van der Waals surface area (Å²) in [5.74, 6) is -4.10. The number of carboxylic acids is 1. The fourth-order valence-electron chi connectivity index (χ4n) is 1.88. The van der Waals surface area contributed by atoms with Gasteiger partial charge in [0, 0.05) is 23.4 Å². The Labute approximate surface area is 130 Å². The Kier molecular flexibility index (Phi) is 4.90. The molecule has 2 rings (SSSR count). The van der Waals surface area contributed by atoms with Crippen molar-refractivity contribution in [1.29, 1.82) is 0 Å². The predicted molar refractivity (Wildman–Crippen MR) is 78.9 cm³/mol. The van der Waals surface area contributed by atoms with Crippen LogP contribution in [0.15, 0.2) is 36.4 Å². The molecule has 1 amide bonds. The maximum atomic E-state index is 13.7. The van der Waals surface area contributed by atoms with Crippen LogP contribution in [0.1, 0.15) is 27.6 Å². The van der Waals surface area contributed by atoms with E-state index in [-0.39, 0.29) is 23.4 Å². The third-order valence-corrected chi connectivity index (χ3v) is 2.94. The van der Waals surface area contributed by atoms with Crippen molar-refractivity contribution in [2.75, 3.05) is 11.9 Å². The molecule has 0 aliphatic heterocycles. The number of hydrogen-bond acceptors (Lipinski definition) is 3. The van der Waals surface area contributed by atoms with E-state index in [0.717, 1.165) is 12.1 Å². The van der Waals surface area contributed by atoms with Gasteiger partial charge in [0.25, 0.3) is 5.91 Å². The number of aromatic carboxylic acids is 1. The Morgan fingerprint density at radius 1 is 1.09 bits per heavy atom. The van der Waals surface area contributed by atoms with E-state index < -0.39 is 29.3 Å². The van der Waals surface area contributed by atoms with Crippen LogP contribution in [0.4, 0.5) is 14.5 Å². The molecule has 0 aliphatic rings. The van der Waals surface area contributed by atoms with Crippen molar-refractivity contribution in [3.63, 3.8) is 0 Å². The number of benzene rings is 2. The smallest absolute Gasteiger partial charge is 0.335 e. The molecule has 5 nitrogen and oxygen atoms in total. The predicted octanol–water partition coefficient (Wildman–Crippen LogP) is 3.31. The van der Waals surface area contributed by atoms with Crippen molar-refractivity contribution in [2.24, 2.45) is 0 Å². The Bertz CT molecular complexity index is 721. The number of carbonyl (C=O) groups excluding carboxylic acids is 1. The number of rotatable bonds is 5. The van der Waals surface area contributed by atoms with Gasteiger partial charge in [0.05, 0.1) is 12.2 Å². The first-order valence-corrected chi connectivity index (χ1v) is 6.69. The van der Waals surface area contributed by atoms with Crippen LogP contribution in [0.25, 0.3) is 0 Å². The second-order valence-corrected chi connectivity index (χ2v) is 4.54. The molecule has 2 aromatic rings. The summed E-state index contributed by atoms with van der Waals surface area (Å²) >= 11 is 0. The summed E-state index contributed by atoms with van der Waals surface area (Å²) in [7, 11) is 0. The summed E-state index contributed by atoms with van der Waals surface area (Å²) in [6.07, 6.45) is 0. The van der Waals surface area contributed by atoms with Crippen LogP contribution in [-0.2, 0) is 0 Å². The van der Waals surface area contributed by atoms with Crippen molar-refractivity contribution in [2.45, 2.75) is 6.92 Å². The van der Waals surface area contributed by atoms with Gasteiger partial charge in [0.1, 0.15) is 0 Å². The van der Waals surface area contributed by atoms with Gasteiger partial charge < -0.3 is 15.2 Å². The molecule has 2 N–H and O–H groups in total. The van der Waals surface area contributed by atoms with Crippen LogP contribution in [-0.4, -0.2) is 23.6 Å². The standard InChI is InChI=1S/C16H13F2NO4/c1-2-23-14-12(17)7-11(8-13(14)18)19-15(20)9-3-5-10(6-4-9)16(21)22/h3-8H,2H2,1H3,(H,19,20)(H,21,22). The first kappa shape index (κ1) is 16.4. The summed E-state index contributed by atoms with van der Waals surface area (Å²) in [6.45, 7) is 1.70. The van der Waals surface area contributed by atoms with Gasteiger partial charge in [0.15, 0.2) is 17.4 Å². The Balaban J connectivity index is 2.18.